The Morgan fingerprint density at radius 2 is 2.04 bits per heavy atom. The first kappa shape index (κ1) is 16.9. The predicted octanol–water partition coefficient (Wildman–Crippen LogP) is 1.36. The summed E-state index contributed by atoms with van der Waals surface area (Å²) in [6.07, 6.45) is -0.923. The van der Waals surface area contributed by atoms with E-state index in [1.165, 1.54) is 19.1 Å². The average molecular weight is 379 g/mol. The van der Waals surface area contributed by atoms with Crippen LogP contribution in [-0.4, -0.2) is 43.7 Å². The van der Waals surface area contributed by atoms with Gasteiger partial charge in [0, 0.05) is 10.9 Å². The molecule has 1 amide bonds. The first-order chi connectivity index (χ1) is 12.2. The molecule has 0 aliphatic carbocycles. The molecule has 1 saturated heterocycles. The molecule has 0 saturated carbocycles. The zero-order chi connectivity index (χ0) is 18.9. The number of rotatable bonds is 3. The summed E-state index contributed by atoms with van der Waals surface area (Å²) in [5.74, 6) is -3.75. The van der Waals surface area contributed by atoms with Crippen molar-refractivity contribution in [3.8, 4) is 0 Å². The van der Waals surface area contributed by atoms with Gasteiger partial charge < -0.3 is 14.6 Å². The SMILES string of the molecule is C[C@@H](O)[C@@H]1C(=O)N2C(C(=O)O)=C(n3c(=O)oc4ccc(Cl)cc43)[C@H](C)[C@H]12. The molecule has 8 nitrogen and oxygen atoms in total. The number of carboxylic acid groups (broad SMARTS) is 1. The maximum atomic E-state index is 12.5. The van der Waals surface area contributed by atoms with Gasteiger partial charge in [0.1, 0.15) is 0 Å². The number of hydrogen-bond donors (Lipinski definition) is 2. The summed E-state index contributed by atoms with van der Waals surface area (Å²) < 4.78 is 6.36. The van der Waals surface area contributed by atoms with E-state index in [4.69, 9.17) is 16.0 Å². The van der Waals surface area contributed by atoms with E-state index in [2.05, 4.69) is 0 Å². The smallest absolute Gasteiger partial charge is 0.424 e. The van der Waals surface area contributed by atoms with E-state index >= 15 is 0 Å². The van der Waals surface area contributed by atoms with Crippen LogP contribution in [0.2, 0.25) is 5.02 Å². The van der Waals surface area contributed by atoms with E-state index in [9.17, 15) is 24.6 Å². The molecule has 0 unspecified atom stereocenters. The lowest BCUT2D eigenvalue weighted by Crippen LogP contribution is -2.63. The van der Waals surface area contributed by atoms with E-state index in [1.807, 2.05) is 0 Å². The first-order valence-electron chi connectivity index (χ1n) is 8.04. The molecule has 2 aromatic rings. The number of hydrogen-bond acceptors (Lipinski definition) is 5. The van der Waals surface area contributed by atoms with Gasteiger partial charge in [-0.3, -0.25) is 9.69 Å². The summed E-state index contributed by atoms with van der Waals surface area (Å²) in [5, 5.41) is 19.9. The number of β-lactam (4-membered cyclic amide) rings is 1. The monoisotopic (exact) mass is 378 g/mol. The number of oxazole rings is 1. The Morgan fingerprint density at radius 3 is 2.65 bits per heavy atom. The molecular weight excluding hydrogens is 364 g/mol. The molecule has 1 fully saturated rings. The molecule has 1 aromatic heterocycles. The first-order valence-corrected chi connectivity index (χ1v) is 8.42. The lowest BCUT2D eigenvalue weighted by Gasteiger charge is -2.46. The predicted molar refractivity (Wildman–Crippen MR) is 91.3 cm³/mol. The van der Waals surface area contributed by atoms with E-state index in [1.54, 1.807) is 13.0 Å². The molecule has 9 heteroatoms. The molecule has 4 rings (SSSR count). The number of carbonyl (C=O) groups is 2. The molecule has 0 radical (unpaired) electrons. The van der Waals surface area contributed by atoms with E-state index in [0.29, 0.717) is 10.5 Å². The highest BCUT2D eigenvalue weighted by atomic mass is 35.5. The van der Waals surface area contributed by atoms with Crippen LogP contribution in [0.25, 0.3) is 16.8 Å². The number of carboxylic acids is 1. The Labute approximate surface area is 151 Å². The molecule has 0 bridgehead atoms. The van der Waals surface area contributed by atoms with Gasteiger partial charge in [0.25, 0.3) is 0 Å². The Morgan fingerprint density at radius 1 is 1.35 bits per heavy atom. The van der Waals surface area contributed by atoms with Crippen molar-refractivity contribution in [2.75, 3.05) is 0 Å². The second-order valence-electron chi connectivity index (χ2n) is 6.61. The number of aliphatic hydroxyl groups excluding tert-OH is 1. The van der Waals surface area contributed by atoms with E-state index in [-0.39, 0.29) is 17.0 Å². The third-order valence-corrected chi connectivity index (χ3v) is 5.36. The summed E-state index contributed by atoms with van der Waals surface area (Å²) in [6, 6.07) is 4.06. The number of fused-ring (bicyclic) bond motifs is 2. The van der Waals surface area contributed by atoms with Gasteiger partial charge in [0.15, 0.2) is 11.3 Å². The molecular formula is C17H15ClN2O6. The van der Waals surface area contributed by atoms with Crippen molar-refractivity contribution in [2.45, 2.75) is 26.0 Å². The number of amides is 1. The zero-order valence-electron chi connectivity index (χ0n) is 13.8. The number of nitrogens with zero attached hydrogens (tertiary/aromatic N) is 2. The van der Waals surface area contributed by atoms with Crippen LogP contribution in [-0.2, 0) is 9.59 Å². The van der Waals surface area contributed by atoms with Crippen LogP contribution in [0, 0.1) is 11.8 Å². The maximum absolute atomic E-state index is 12.5. The number of aromatic nitrogens is 1. The molecule has 136 valence electrons. The van der Waals surface area contributed by atoms with Gasteiger partial charge in [-0.2, -0.15) is 0 Å². The second-order valence-corrected chi connectivity index (χ2v) is 7.04. The number of carbonyl (C=O) groups excluding carboxylic acids is 1. The van der Waals surface area contributed by atoms with Crippen molar-refractivity contribution in [3.63, 3.8) is 0 Å². The average Bonchev–Trinajstić information content (AvgIpc) is 2.98. The fraction of sp³-hybridized carbons (Fsp3) is 0.353. The van der Waals surface area contributed by atoms with Crippen molar-refractivity contribution >= 4 is 40.3 Å². The number of aliphatic hydroxyl groups is 1. The van der Waals surface area contributed by atoms with Crippen molar-refractivity contribution in [3.05, 3.63) is 39.5 Å². The van der Waals surface area contributed by atoms with Crippen molar-refractivity contribution in [1.29, 1.82) is 0 Å². The summed E-state index contributed by atoms with van der Waals surface area (Å²) in [6.45, 7) is 3.21. The Kier molecular flexibility index (Phi) is 3.54. The second kappa shape index (κ2) is 5.46. The molecule has 2 aliphatic heterocycles. The van der Waals surface area contributed by atoms with Crippen LogP contribution in [0.5, 0.6) is 0 Å². The Balaban J connectivity index is 1.98. The summed E-state index contributed by atoms with van der Waals surface area (Å²) in [7, 11) is 0. The van der Waals surface area contributed by atoms with Gasteiger partial charge in [0.05, 0.1) is 29.3 Å². The zero-order valence-corrected chi connectivity index (χ0v) is 14.6. The summed E-state index contributed by atoms with van der Waals surface area (Å²) in [4.78, 5) is 37.9. The van der Waals surface area contributed by atoms with Crippen LogP contribution in [0.15, 0.2) is 33.1 Å². The molecule has 1 aromatic carbocycles. The highest BCUT2D eigenvalue weighted by molar-refractivity contribution is 6.31. The van der Waals surface area contributed by atoms with E-state index < -0.39 is 41.6 Å². The van der Waals surface area contributed by atoms with Crippen molar-refractivity contribution in [1.82, 2.24) is 9.47 Å². The molecule has 4 atom stereocenters. The van der Waals surface area contributed by atoms with Gasteiger partial charge >= 0.3 is 11.7 Å². The van der Waals surface area contributed by atoms with Gasteiger partial charge in [-0.25, -0.2) is 14.2 Å². The van der Waals surface area contributed by atoms with Crippen molar-refractivity contribution < 1.29 is 24.2 Å². The minimum atomic E-state index is -1.32. The van der Waals surface area contributed by atoms with Crippen LogP contribution < -0.4 is 5.76 Å². The van der Waals surface area contributed by atoms with Crippen LogP contribution in [0.3, 0.4) is 0 Å². The summed E-state index contributed by atoms with van der Waals surface area (Å²) in [5.41, 5.74) is 0.474. The number of halogens is 1. The largest absolute Gasteiger partial charge is 0.477 e. The minimum Gasteiger partial charge on any atom is -0.477 e. The molecule has 3 heterocycles. The molecule has 0 spiro atoms. The van der Waals surface area contributed by atoms with Crippen LogP contribution in [0.4, 0.5) is 0 Å². The normalized spacial score (nSPS) is 26.2. The number of benzene rings is 1. The molecule has 2 N–H and O–H groups in total. The highest BCUT2D eigenvalue weighted by Gasteiger charge is 2.60. The van der Waals surface area contributed by atoms with Gasteiger partial charge in [0.2, 0.25) is 5.91 Å². The minimum absolute atomic E-state index is 0.157. The van der Waals surface area contributed by atoms with Crippen LogP contribution in [0.1, 0.15) is 13.8 Å². The van der Waals surface area contributed by atoms with Gasteiger partial charge in [-0.1, -0.05) is 18.5 Å². The standard InChI is InChI=1S/C17H15ClN2O6/c1-6-12-11(7(2)21)15(22)20(12)14(16(23)24)13(6)19-9-5-8(18)3-4-10(9)26-17(19)25/h3-7,11-12,21H,1-2H3,(H,23,24)/t6-,7-,11+,12-/m1/s1. The summed E-state index contributed by atoms with van der Waals surface area (Å²) >= 11 is 6.01. The maximum Gasteiger partial charge on any atom is 0.424 e. The van der Waals surface area contributed by atoms with Gasteiger partial charge in [-0.15, -0.1) is 0 Å². The van der Waals surface area contributed by atoms with Crippen molar-refractivity contribution in [2.24, 2.45) is 11.8 Å². The quantitative estimate of drug-likeness (QED) is 0.780. The lowest BCUT2D eigenvalue weighted by atomic mass is 9.78. The Hall–Kier alpha value is -2.58. The fourth-order valence-corrected chi connectivity index (χ4v) is 4.22. The lowest BCUT2D eigenvalue weighted by molar-refractivity contribution is -0.163. The molecule has 26 heavy (non-hydrogen) atoms. The Bertz CT molecular complexity index is 1050. The van der Waals surface area contributed by atoms with E-state index in [0.717, 1.165) is 9.47 Å². The number of aliphatic carboxylic acids is 1. The molecule has 2 aliphatic rings. The van der Waals surface area contributed by atoms with Crippen LogP contribution >= 0.6 is 11.6 Å². The fourth-order valence-electron chi connectivity index (χ4n) is 4.06. The highest BCUT2D eigenvalue weighted by Crippen LogP contribution is 2.49. The third-order valence-electron chi connectivity index (χ3n) is 5.12. The topological polar surface area (TPSA) is 113 Å². The van der Waals surface area contributed by atoms with Gasteiger partial charge in [-0.05, 0) is 25.1 Å². The third kappa shape index (κ3) is 2.02.